The van der Waals surface area contributed by atoms with Gasteiger partial charge in [0, 0.05) is 19.0 Å². The monoisotopic (exact) mass is 284 g/mol. The van der Waals surface area contributed by atoms with Gasteiger partial charge in [0.2, 0.25) is 5.91 Å². The highest BCUT2D eigenvalue weighted by Crippen LogP contribution is 2.19. The number of amides is 1. The molecule has 0 saturated heterocycles. The average molecular weight is 284 g/mol. The first kappa shape index (κ1) is 19.4. The summed E-state index contributed by atoms with van der Waals surface area (Å²) >= 11 is 0. The highest BCUT2D eigenvalue weighted by Gasteiger charge is 2.22. The third kappa shape index (κ3) is 11.3. The highest BCUT2D eigenvalue weighted by molar-refractivity contribution is 5.76. The molecule has 3 N–H and O–H groups in total. The van der Waals surface area contributed by atoms with Crippen LogP contribution in [-0.4, -0.2) is 18.5 Å². The van der Waals surface area contributed by atoms with E-state index in [1.165, 1.54) is 44.9 Å². The second kappa shape index (κ2) is 11.1. The van der Waals surface area contributed by atoms with Gasteiger partial charge in [-0.05, 0) is 11.8 Å². The molecule has 0 spiro atoms. The summed E-state index contributed by atoms with van der Waals surface area (Å²) in [4.78, 5) is 11.7. The van der Waals surface area contributed by atoms with E-state index in [0.717, 1.165) is 13.0 Å². The lowest BCUT2D eigenvalue weighted by atomic mass is 9.85. The molecule has 0 aliphatic rings. The standard InChI is InChI=1S/C17H36N2O/c1-5-6-7-8-9-10-11-12-13-19-16(20)14-15(18)17(2,3)4/h15H,5-14,18H2,1-4H3,(H,19,20). The van der Waals surface area contributed by atoms with Crippen LogP contribution in [0.1, 0.15) is 85.5 Å². The molecule has 3 heteroatoms. The Morgan fingerprint density at radius 1 is 1.00 bits per heavy atom. The number of hydrogen-bond acceptors (Lipinski definition) is 2. The van der Waals surface area contributed by atoms with E-state index in [2.05, 4.69) is 33.0 Å². The fourth-order valence-electron chi connectivity index (χ4n) is 2.06. The summed E-state index contributed by atoms with van der Waals surface area (Å²) < 4.78 is 0. The molecule has 0 rings (SSSR count). The van der Waals surface area contributed by atoms with Crippen molar-refractivity contribution < 1.29 is 4.79 Å². The topological polar surface area (TPSA) is 55.1 Å². The van der Waals surface area contributed by atoms with Crippen LogP contribution in [-0.2, 0) is 4.79 Å². The van der Waals surface area contributed by atoms with Gasteiger partial charge in [-0.25, -0.2) is 0 Å². The number of nitrogens with one attached hydrogen (secondary N) is 1. The Bertz CT molecular complexity index is 246. The molecular weight excluding hydrogens is 248 g/mol. The molecule has 1 atom stereocenters. The SMILES string of the molecule is CCCCCCCCCCNC(=O)CC(N)C(C)(C)C. The number of hydrogen-bond donors (Lipinski definition) is 2. The Balaban J connectivity index is 3.40. The number of carbonyl (C=O) groups is 1. The molecule has 1 unspecified atom stereocenters. The molecule has 0 heterocycles. The van der Waals surface area contributed by atoms with Crippen LogP contribution in [0.5, 0.6) is 0 Å². The lowest BCUT2D eigenvalue weighted by molar-refractivity contribution is -0.121. The van der Waals surface area contributed by atoms with Crippen LogP contribution >= 0.6 is 0 Å². The number of unbranched alkanes of at least 4 members (excludes halogenated alkanes) is 7. The van der Waals surface area contributed by atoms with Crippen LogP contribution < -0.4 is 11.1 Å². The molecule has 0 saturated carbocycles. The molecule has 0 bridgehead atoms. The van der Waals surface area contributed by atoms with Crippen molar-refractivity contribution >= 4 is 5.91 Å². The average Bonchev–Trinajstić information content (AvgIpc) is 2.35. The maximum Gasteiger partial charge on any atom is 0.221 e. The van der Waals surface area contributed by atoms with Gasteiger partial charge in [-0.2, -0.15) is 0 Å². The largest absolute Gasteiger partial charge is 0.356 e. The van der Waals surface area contributed by atoms with Gasteiger partial charge in [-0.3, -0.25) is 4.79 Å². The second-order valence-corrected chi connectivity index (χ2v) is 7.00. The number of rotatable bonds is 11. The molecule has 0 aromatic heterocycles. The smallest absolute Gasteiger partial charge is 0.221 e. The molecule has 0 aliphatic heterocycles. The summed E-state index contributed by atoms with van der Waals surface area (Å²) in [5.41, 5.74) is 6.00. The van der Waals surface area contributed by atoms with Crippen LogP contribution in [0.3, 0.4) is 0 Å². The van der Waals surface area contributed by atoms with Crippen molar-refractivity contribution in [3.63, 3.8) is 0 Å². The molecule has 1 amide bonds. The van der Waals surface area contributed by atoms with Crippen LogP contribution in [0.25, 0.3) is 0 Å². The van der Waals surface area contributed by atoms with Crippen molar-refractivity contribution in [3.8, 4) is 0 Å². The lowest BCUT2D eigenvalue weighted by Crippen LogP contribution is -2.40. The fourth-order valence-corrected chi connectivity index (χ4v) is 2.06. The van der Waals surface area contributed by atoms with Crippen molar-refractivity contribution in [3.05, 3.63) is 0 Å². The Kier molecular flexibility index (Phi) is 10.8. The summed E-state index contributed by atoms with van der Waals surface area (Å²) in [6.07, 6.45) is 10.8. The summed E-state index contributed by atoms with van der Waals surface area (Å²) in [7, 11) is 0. The quantitative estimate of drug-likeness (QED) is 0.563. The van der Waals surface area contributed by atoms with E-state index < -0.39 is 0 Å². The van der Waals surface area contributed by atoms with Crippen molar-refractivity contribution in [2.75, 3.05) is 6.54 Å². The van der Waals surface area contributed by atoms with Gasteiger partial charge in [-0.1, -0.05) is 72.6 Å². The zero-order chi connectivity index (χ0) is 15.4. The van der Waals surface area contributed by atoms with Gasteiger partial charge < -0.3 is 11.1 Å². The molecule has 0 radical (unpaired) electrons. The minimum Gasteiger partial charge on any atom is -0.356 e. The number of carbonyl (C=O) groups excluding carboxylic acids is 1. The van der Waals surface area contributed by atoms with E-state index in [9.17, 15) is 4.79 Å². The van der Waals surface area contributed by atoms with Crippen molar-refractivity contribution in [1.29, 1.82) is 0 Å². The van der Waals surface area contributed by atoms with Crippen molar-refractivity contribution in [2.24, 2.45) is 11.1 Å². The Morgan fingerprint density at radius 2 is 1.50 bits per heavy atom. The molecule has 0 aliphatic carbocycles. The van der Waals surface area contributed by atoms with E-state index in [0.29, 0.717) is 6.42 Å². The molecule has 120 valence electrons. The predicted octanol–water partition coefficient (Wildman–Crippen LogP) is 4.01. The van der Waals surface area contributed by atoms with E-state index in [-0.39, 0.29) is 17.4 Å². The highest BCUT2D eigenvalue weighted by atomic mass is 16.1. The van der Waals surface area contributed by atoms with Gasteiger partial charge in [0.05, 0.1) is 0 Å². The normalized spacial score (nSPS) is 13.2. The number of nitrogens with two attached hydrogens (primary N) is 1. The van der Waals surface area contributed by atoms with Gasteiger partial charge >= 0.3 is 0 Å². The minimum absolute atomic E-state index is 0.00414. The van der Waals surface area contributed by atoms with Gasteiger partial charge in [0.15, 0.2) is 0 Å². The van der Waals surface area contributed by atoms with E-state index in [4.69, 9.17) is 5.73 Å². The van der Waals surface area contributed by atoms with Crippen molar-refractivity contribution in [1.82, 2.24) is 5.32 Å². The Hall–Kier alpha value is -0.570. The second-order valence-electron chi connectivity index (χ2n) is 7.00. The van der Waals surface area contributed by atoms with Crippen molar-refractivity contribution in [2.45, 2.75) is 91.5 Å². The molecule has 0 aromatic rings. The van der Waals surface area contributed by atoms with E-state index in [1.54, 1.807) is 0 Å². The minimum atomic E-state index is -0.0685. The molecule has 20 heavy (non-hydrogen) atoms. The first-order valence-electron chi connectivity index (χ1n) is 8.40. The molecular formula is C17H36N2O. The summed E-state index contributed by atoms with van der Waals surface area (Å²) in [5.74, 6) is 0.0929. The molecule has 3 nitrogen and oxygen atoms in total. The van der Waals surface area contributed by atoms with Crippen LogP contribution in [0.4, 0.5) is 0 Å². The third-order valence-corrected chi connectivity index (χ3v) is 3.87. The summed E-state index contributed by atoms with van der Waals surface area (Å²) in [6.45, 7) is 9.26. The summed E-state index contributed by atoms with van der Waals surface area (Å²) in [6, 6.07) is -0.0685. The van der Waals surface area contributed by atoms with Crippen LogP contribution in [0.15, 0.2) is 0 Å². The molecule has 0 fully saturated rings. The zero-order valence-corrected chi connectivity index (χ0v) is 14.1. The maximum absolute atomic E-state index is 11.7. The Morgan fingerprint density at radius 3 is 2.00 bits per heavy atom. The van der Waals surface area contributed by atoms with Gasteiger partial charge in [-0.15, -0.1) is 0 Å². The predicted molar refractivity (Wildman–Crippen MR) is 87.7 cm³/mol. The lowest BCUT2D eigenvalue weighted by Gasteiger charge is -2.26. The zero-order valence-electron chi connectivity index (χ0n) is 14.1. The van der Waals surface area contributed by atoms with Gasteiger partial charge in [0.25, 0.3) is 0 Å². The first-order chi connectivity index (χ1) is 9.38. The van der Waals surface area contributed by atoms with E-state index in [1.807, 2.05) is 0 Å². The third-order valence-electron chi connectivity index (χ3n) is 3.87. The Labute approximate surface area is 126 Å². The first-order valence-corrected chi connectivity index (χ1v) is 8.40. The van der Waals surface area contributed by atoms with Crippen LogP contribution in [0.2, 0.25) is 0 Å². The fraction of sp³-hybridized carbons (Fsp3) is 0.941. The van der Waals surface area contributed by atoms with Gasteiger partial charge in [0.1, 0.15) is 0 Å². The van der Waals surface area contributed by atoms with Crippen LogP contribution in [0, 0.1) is 5.41 Å². The molecule has 0 aromatic carbocycles. The van der Waals surface area contributed by atoms with E-state index >= 15 is 0 Å². The summed E-state index contributed by atoms with van der Waals surface area (Å²) in [5, 5.41) is 2.98. The maximum atomic E-state index is 11.7.